The second kappa shape index (κ2) is 4.42. The lowest BCUT2D eigenvalue weighted by Crippen LogP contribution is -1.92. The summed E-state index contributed by atoms with van der Waals surface area (Å²) in [6, 6.07) is 13.7. The molecule has 0 saturated carbocycles. The van der Waals surface area contributed by atoms with Crippen molar-refractivity contribution in [2.45, 2.75) is 5.38 Å². The monoisotopic (exact) mass is 261 g/mol. The van der Waals surface area contributed by atoms with Crippen LogP contribution in [0.5, 0.6) is 0 Å². The van der Waals surface area contributed by atoms with E-state index >= 15 is 0 Å². The minimum atomic E-state index is -0.471. The van der Waals surface area contributed by atoms with Gasteiger partial charge in [0.25, 0.3) is 0 Å². The molecule has 3 aromatic rings. The van der Waals surface area contributed by atoms with Crippen LogP contribution in [0.15, 0.2) is 52.9 Å². The van der Waals surface area contributed by atoms with Crippen molar-refractivity contribution in [2.24, 2.45) is 0 Å². The number of hydrogen-bond acceptors (Lipinski definition) is 2. The number of rotatable bonds is 2. The van der Waals surface area contributed by atoms with Crippen LogP contribution < -0.4 is 0 Å². The summed E-state index contributed by atoms with van der Waals surface area (Å²) in [5, 5.41) is -0.471. The zero-order chi connectivity index (χ0) is 12.5. The third kappa shape index (κ3) is 1.97. The van der Waals surface area contributed by atoms with Crippen molar-refractivity contribution in [3.05, 3.63) is 65.8 Å². The normalized spacial score (nSPS) is 12.8. The fourth-order valence-electron chi connectivity index (χ4n) is 1.79. The van der Waals surface area contributed by atoms with E-state index in [4.69, 9.17) is 16.0 Å². The zero-order valence-corrected chi connectivity index (χ0v) is 10.1. The predicted octanol–water partition coefficient (Wildman–Crippen LogP) is 4.30. The fraction of sp³-hybridized carbons (Fsp3) is 0.0714. The lowest BCUT2D eigenvalue weighted by Gasteiger charge is -2.04. The molecule has 0 fully saturated rings. The van der Waals surface area contributed by atoms with Gasteiger partial charge in [-0.2, -0.15) is 0 Å². The second-order valence-electron chi connectivity index (χ2n) is 3.94. The van der Waals surface area contributed by atoms with Crippen LogP contribution >= 0.6 is 11.6 Å². The Bertz CT molecular complexity index is 681. The van der Waals surface area contributed by atoms with Crippen molar-refractivity contribution in [2.75, 3.05) is 0 Å². The lowest BCUT2D eigenvalue weighted by molar-refractivity contribution is 0.535. The molecule has 90 valence electrons. The Morgan fingerprint density at radius 1 is 1.11 bits per heavy atom. The molecule has 4 heteroatoms. The molecule has 0 saturated heterocycles. The van der Waals surface area contributed by atoms with E-state index in [1.165, 1.54) is 12.1 Å². The van der Waals surface area contributed by atoms with Gasteiger partial charge >= 0.3 is 0 Å². The molecule has 2 aromatic carbocycles. The smallest absolute Gasteiger partial charge is 0.218 e. The summed E-state index contributed by atoms with van der Waals surface area (Å²) >= 11 is 6.29. The van der Waals surface area contributed by atoms with E-state index in [2.05, 4.69) is 4.98 Å². The quantitative estimate of drug-likeness (QED) is 0.643. The van der Waals surface area contributed by atoms with Crippen LogP contribution in [0, 0.1) is 5.82 Å². The number of oxazole rings is 1. The van der Waals surface area contributed by atoms with Crippen molar-refractivity contribution < 1.29 is 8.81 Å². The molecule has 0 N–H and O–H groups in total. The Morgan fingerprint density at radius 2 is 1.89 bits per heavy atom. The molecule has 0 radical (unpaired) electrons. The molecular weight excluding hydrogens is 253 g/mol. The number of fused-ring (bicyclic) bond motifs is 1. The van der Waals surface area contributed by atoms with Crippen LogP contribution in [0.4, 0.5) is 4.39 Å². The Balaban J connectivity index is 2.04. The first-order valence-corrected chi connectivity index (χ1v) is 5.93. The summed E-state index contributed by atoms with van der Waals surface area (Å²) in [5.41, 5.74) is 1.91. The van der Waals surface area contributed by atoms with E-state index in [1.54, 1.807) is 6.07 Å². The molecule has 1 aromatic heterocycles. The summed E-state index contributed by atoms with van der Waals surface area (Å²) in [4.78, 5) is 4.26. The van der Waals surface area contributed by atoms with Gasteiger partial charge in [0.05, 0.1) is 0 Å². The van der Waals surface area contributed by atoms with Gasteiger partial charge in [-0.3, -0.25) is 0 Å². The minimum absolute atomic E-state index is 0.351. The molecule has 0 aliphatic rings. The van der Waals surface area contributed by atoms with Crippen LogP contribution in [-0.2, 0) is 0 Å². The van der Waals surface area contributed by atoms with Gasteiger partial charge in [0.2, 0.25) is 5.89 Å². The van der Waals surface area contributed by atoms with Crippen molar-refractivity contribution in [1.29, 1.82) is 0 Å². The van der Waals surface area contributed by atoms with Gasteiger partial charge in [-0.1, -0.05) is 30.3 Å². The van der Waals surface area contributed by atoms with Crippen molar-refractivity contribution in [3.63, 3.8) is 0 Å². The van der Waals surface area contributed by atoms with Crippen molar-refractivity contribution in [1.82, 2.24) is 4.98 Å². The van der Waals surface area contributed by atoms with E-state index in [1.807, 2.05) is 30.3 Å². The SMILES string of the molecule is Fc1ccc2nc(C(Cl)c3ccccc3)oc2c1. The van der Waals surface area contributed by atoms with Gasteiger partial charge in [0.1, 0.15) is 16.7 Å². The summed E-state index contributed by atoms with van der Waals surface area (Å²) in [6.45, 7) is 0. The van der Waals surface area contributed by atoms with Gasteiger partial charge in [-0.15, -0.1) is 11.6 Å². The Labute approximate surface area is 108 Å². The highest BCUT2D eigenvalue weighted by Gasteiger charge is 2.17. The molecule has 1 heterocycles. The van der Waals surface area contributed by atoms with Crippen LogP contribution in [-0.4, -0.2) is 4.98 Å². The second-order valence-corrected chi connectivity index (χ2v) is 4.37. The first-order chi connectivity index (χ1) is 8.74. The number of halogens is 2. The van der Waals surface area contributed by atoms with Gasteiger partial charge in [-0.25, -0.2) is 9.37 Å². The van der Waals surface area contributed by atoms with Gasteiger partial charge in [0.15, 0.2) is 5.58 Å². The molecule has 2 nitrogen and oxygen atoms in total. The molecule has 0 aliphatic carbocycles. The lowest BCUT2D eigenvalue weighted by atomic mass is 10.1. The molecule has 1 unspecified atom stereocenters. The van der Waals surface area contributed by atoms with E-state index in [0.29, 0.717) is 17.0 Å². The average molecular weight is 262 g/mol. The number of nitrogens with zero attached hydrogens (tertiary/aromatic N) is 1. The maximum absolute atomic E-state index is 13.0. The fourth-order valence-corrected chi connectivity index (χ4v) is 2.03. The standard InChI is InChI=1S/C14H9ClFNO/c15-13(9-4-2-1-3-5-9)14-17-11-7-6-10(16)8-12(11)18-14/h1-8,13H. The molecule has 0 spiro atoms. The minimum Gasteiger partial charge on any atom is -0.439 e. The summed E-state index contributed by atoms with van der Waals surface area (Å²) < 4.78 is 18.5. The highest BCUT2D eigenvalue weighted by atomic mass is 35.5. The highest BCUT2D eigenvalue weighted by Crippen LogP contribution is 2.30. The molecule has 1 atom stereocenters. The topological polar surface area (TPSA) is 26.0 Å². The molecule has 0 amide bonds. The third-order valence-electron chi connectivity index (χ3n) is 2.68. The summed E-state index contributed by atoms with van der Waals surface area (Å²) in [7, 11) is 0. The van der Waals surface area contributed by atoms with Crippen LogP contribution in [0.3, 0.4) is 0 Å². The highest BCUT2D eigenvalue weighted by molar-refractivity contribution is 6.22. The van der Waals surface area contributed by atoms with Crippen LogP contribution in [0.2, 0.25) is 0 Å². The van der Waals surface area contributed by atoms with E-state index in [0.717, 1.165) is 5.56 Å². The number of aromatic nitrogens is 1. The maximum Gasteiger partial charge on any atom is 0.218 e. The maximum atomic E-state index is 13.0. The van der Waals surface area contributed by atoms with Gasteiger partial charge < -0.3 is 4.42 Å². The van der Waals surface area contributed by atoms with Gasteiger partial charge in [-0.05, 0) is 17.7 Å². The Morgan fingerprint density at radius 3 is 2.67 bits per heavy atom. The molecule has 18 heavy (non-hydrogen) atoms. The molecule has 3 rings (SSSR count). The first-order valence-electron chi connectivity index (χ1n) is 5.49. The third-order valence-corrected chi connectivity index (χ3v) is 3.11. The first kappa shape index (κ1) is 11.2. The van der Waals surface area contributed by atoms with E-state index < -0.39 is 5.38 Å². The summed E-state index contributed by atoms with van der Waals surface area (Å²) in [5.74, 6) is 0.0273. The van der Waals surface area contributed by atoms with E-state index in [-0.39, 0.29) is 5.82 Å². The summed E-state index contributed by atoms with van der Waals surface area (Å²) in [6.07, 6.45) is 0. The van der Waals surface area contributed by atoms with Crippen molar-refractivity contribution >= 4 is 22.7 Å². The number of alkyl halides is 1. The number of benzene rings is 2. The molecule has 0 bridgehead atoms. The Hall–Kier alpha value is -1.87. The van der Waals surface area contributed by atoms with Crippen molar-refractivity contribution in [3.8, 4) is 0 Å². The van der Waals surface area contributed by atoms with Crippen LogP contribution in [0.1, 0.15) is 16.8 Å². The van der Waals surface area contributed by atoms with E-state index in [9.17, 15) is 4.39 Å². The molecular formula is C14H9ClFNO. The largest absolute Gasteiger partial charge is 0.439 e. The van der Waals surface area contributed by atoms with Crippen LogP contribution in [0.25, 0.3) is 11.1 Å². The van der Waals surface area contributed by atoms with Gasteiger partial charge in [0, 0.05) is 6.07 Å². The Kier molecular flexibility index (Phi) is 2.76. The zero-order valence-electron chi connectivity index (χ0n) is 9.31. The molecule has 0 aliphatic heterocycles. The average Bonchev–Trinajstić information content (AvgIpc) is 2.81. The number of hydrogen-bond donors (Lipinski definition) is 0. The predicted molar refractivity (Wildman–Crippen MR) is 68.1 cm³/mol.